The van der Waals surface area contributed by atoms with Crippen LogP contribution >= 0.6 is 23.5 Å². The van der Waals surface area contributed by atoms with Gasteiger partial charge in [-0.3, -0.25) is 14.4 Å². The maximum absolute atomic E-state index is 14.4. The fraction of sp³-hybridized carbons (Fsp3) is 0.475. The fourth-order valence-corrected chi connectivity index (χ4v) is 10.1. The van der Waals surface area contributed by atoms with Gasteiger partial charge in [-0.1, -0.05) is 88.1 Å². The van der Waals surface area contributed by atoms with E-state index in [-0.39, 0.29) is 22.9 Å². The van der Waals surface area contributed by atoms with Crippen LogP contribution in [0.2, 0.25) is 0 Å². The number of nitrogens with one attached hydrogen (secondary N) is 2. The second-order valence-electron chi connectivity index (χ2n) is 13.5. The number of ether oxygens (including phenoxy) is 2. The Kier molecular flexibility index (Phi) is 16.0. The summed E-state index contributed by atoms with van der Waals surface area (Å²) < 4.78 is 39.9. The average molecular weight is 784 g/mol. The van der Waals surface area contributed by atoms with Crippen molar-refractivity contribution in [3.63, 3.8) is 0 Å². The molecule has 2 atom stereocenters. The molecule has 0 spiro atoms. The molecule has 0 aromatic heterocycles. The number of rotatable bonds is 19. The van der Waals surface area contributed by atoms with Gasteiger partial charge in [-0.25, -0.2) is 8.42 Å². The number of benzene rings is 3. The summed E-state index contributed by atoms with van der Waals surface area (Å²) in [6, 6.07) is 21.1. The van der Waals surface area contributed by atoms with Gasteiger partial charge in [0.25, 0.3) is 5.91 Å². The molecule has 3 aromatic carbocycles. The van der Waals surface area contributed by atoms with Crippen molar-refractivity contribution in [2.45, 2.75) is 68.2 Å². The summed E-state index contributed by atoms with van der Waals surface area (Å²) in [7, 11) is -2.48. The number of sulfone groups is 1. The van der Waals surface area contributed by atoms with Crippen molar-refractivity contribution in [3.8, 4) is 5.75 Å². The van der Waals surface area contributed by atoms with Crippen LogP contribution in [0.3, 0.4) is 0 Å². The van der Waals surface area contributed by atoms with Crippen molar-refractivity contribution in [2.24, 2.45) is 11.3 Å². The minimum Gasteiger partial charge on any atom is -0.483 e. The molecule has 53 heavy (non-hydrogen) atoms. The molecule has 0 fully saturated rings. The second-order valence-corrected chi connectivity index (χ2v) is 17.2. The highest BCUT2D eigenvalue weighted by molar-refractivity contribution is 7.98. The van der Waals surface area contributed by atoms with E-state index in [2.05, 4.69) is 29.4 Å². The zero-order chi connectivity index (χ0) is 38.4. The van der Waals surface area contributed by atoms with Gasteiger partial charge in [0.2, 0.25) is 5.91 Å². The van der Waals surface area contributed by atoms with Gasteiger partial charge in [0, 0.05) is 36.0 Å². The van der Waals surface area contributed by atoms with Crippen LogP contribution < -0.4 is 20.3 Å². The number of fused-ring (bicyclic) bond motifs is 1. The summed E-state index contributed by atoms with van der Waals surface area (Å²) in [4.78, 5) is 42.2. The van der Waals surface area contributed by atoms with E-state index in [4.69, 9.17) is 9.47 Å². The molecule has 0 aliphatic carbocycles. The SMILES string of the molecule is CCCCC1(CCCC)CN(c2ccccc2)c2cc(SC)c(OCC(=O)N[C@@H](C(=O)NC[C@H](CSC)C(=O)OC)c3ccccc3)cc2S(=O)(=O)C1. The maximum Gasteiger partial charge on any atom is 0.311 e. The van der Waals surface area contributed by atoms with Crippen LogP contribution in [-0.2, 0) is 29.0 Å². The lowest BCUT2D eigenvalue weighted by Gasteiger charge is -2.37. The number of esters is 1. The lowest BCUT2D eigenvalue weighted by molar-refractivity contribution is -0.144. The molecule has 0 unspecified atom stereocenters. The Morgan fingerprint density at radius 1 is 0.943 bits per heavy atom. The molecule has 3 aromatic rings. The van der Waals surface area contributed by atoms with E-state index in [1.807, 2.05) is 55.0 Å². The molecule has 2 N–H and O–H groups in total. The molecule has 1 aliphatic heterocycles. The predicted octanol–water partition coefficient (Wildman–Crippen LogP) is 7.21. The number of para-hydroxylation sites is 1. The quantitative estimate of drug-likeness (QED) is 0.0951. The average Bonchev–Trinajstić information content (AvgIpc) is 3.27. The molecule has 288 valence electrons. The number of methoxy groups -OCH3 is 1. The van der Waals surface area contributed by atoms with Gasteiger partial charge in [0.15, 0.2) is 16.4 Å². The van der Waals surface area contributed by atoms with Gasteiger partial charge in [-0.05, 0) is 49.1 Å². The van der Waals surface area contributed by atoms with Crippen LogP contribution in [0.5, 0.6) is 5.75 Å². The Bertz CT molecular complexity index is 1770. The molecule has 0 radical (unpaired) electrons. The first kappa shape index (κ1) is 42.1. The first-order chi connectivity index (χ1) is 25.5. The van der Waals surface area contributed by atoms with Crippen molar-refractivity contribution in [2.75, 3.05) is 55.7 Å². The molecular formula is C40H53N3O7S3. The lowest BCUT2D eigenvalue weighted by atomic mass is 9.79. The highest BCUT2D eigenvalue weighted by Crippen LogP contribution is 2.47. The van der Waals surface area contributed by atoms with Crippen LogP contribution in [0.15, 0.2) is 82.6 Å². The third-order valence-electron chi connectivity index (χ3n) is 9.53. The van der Waals surface area contributed by atoms with E-state index in [0.29, 0.717) is 28.4 Å². The van der Waals surface area contributed by atoms with E-state index in [1.165, 1.54) is 30.6 Å². The topological polar surface area (TPSA) is 131 Å². The van der Waals surface area contributed by atoms with E-state index >= 15 is 0 Å². The molecule has 2 amide bonds. The van der Waals surface area contributed by atoms with Crippen molar-refractivity contribution in [1.29, 1.82) is 0 Å². The number of amides is 2. The maximum atomic E-state index is 14.4. The summed E-state index contributed by atoms with van der Waals surface area (Å²) in [6.07, 6.45) is 9.16. The fourth-order valence-electron chi connectivity index (χ4n) is 6.78. The minimum atomic E-state index is -3.78. The van der Waals surface area contributed by atoms with Crippen molar-refractivity contribution < 1.29 is 32.3 Å². The number of hydrogen-bond acceptors (Lipinski definition) is 10. The monoisotopic (exact) mass is 783 g/mol. The van der Waals surface area contributed by atoms with E-state index in [9.17, 15) is 22.8 Å². The smallest absolute Gasteiger partial charge is 0.311 e. The molecule has 0 saturated carbocycles. The summed E-state index contributed by atoms with van der Waals surface area (Å²) in [5, 5.41) is 5.57. The molecule has 0 bridgehead atoms. The number of anilines is 2. The number of carbonyl (C=O) groups is 3. The minimum absolute atomic E-state index is 0.0243. The van der Waals surface area contributed by atoms with Gasteiger partial charge in [0.1, 0.15) is 11.8 Å². The van der Waals surface area contributed by atoms with Gasteiger partial charge in [0.05, 0.1) is 34.3 Å². The highest BCUT2D eigenvalue weighted by atomic mass is 32.2. The highest BCUT2D eigenvalue weighted by Gasteiger charge is 2.42. The lowest BCUT2D eigenvalue weighted by Crippen LogP contribution is -2.44. The Morgan fingerprint density at radius 2 is 1.58 bits per heavy atom. The number of unbranched alkanes of at least 4 members (excludes halogenated alkanes) is 2. The molecule has 1 heterocycles. The Labute approximate surface area is 323 Å². The van der Waals surface area contributed by atoms with Crippen LogP contribution in [0.1, 0.15) is 64.0 Å². The predicted molar refractivity (Wildman–Crippen MR) is 215 cm³/mol. The van der Waals surface area contributed by atoms with Crippen molar-refractivity contribution in [3.05, 3.63) is 78.4 Å². The number of nitrogens with zero attached hydrogens (tertiary/aromatic N) is 1. The largest absolute Gasteiger partial charge is 0.483 e. The zero-order valence-electron chi connectivity index (χ0n) is 31.4. The second kappa shape index (κ2) is 20.1. The van der Waals surface area contributed by atoms with Gasteiger partial charge < -0.3 is 25.0 Å². The van der Waals surface area contributed by atoms with Crippen molar-refractivity contribution in [1.82, 2.24) is 10.6 Å². The van der Waals surface area contributed by atoms with Gasteiger partial charge in [-0.15, -0.1) is 11.8 Å². The van der Waals surface area contributed by atoms with Crippen LogP contribution in [0, 0.1) is 11.3 Å². The van der Waals surface area contributed by atoms with E-state index in [0.717, 1.165) is 44.2 Å². The summed E-state index contributed by atoms with van der Waals surface area (Å²) in [5.74, 6) is -1.29. The van der Waals surface area contributed by atoms with Crippen molar-refractivity contribution >= 4 is 62.5 Å². The molecular weight excluding hydrogens is 731 g/mol. The molecule has 10 nitrogen and oxygen atoms in total. The summed E-state index contributed by atoms with van der Waals surface area (Å²) >= 11 is 2.86. The zero-order valence-corrected chi connectivity index (χ0v) is 33.8. The standard InChI is InChI=1S/C40H53N3O7S3/c1-6-8-20-40(21-9-7-2)27-43(31-18-14-11-15-19-31)32-22-34(52-5)33(23-35(32)53(47,48)28-40)50-25-36(44)42-37(29-16-12-10-13-17-29)38(45)41-24-30(26-51-4)39(46)49-3/h10-19,22-23,30,37H,6-9,20-21,24-28H2,1-5H3,(H,41,45)(H,42,44)/t30-,37-/m1/s1. The number of thioether (sulfide) groups is 2. The molecule has 0 saturated heterocycles. The number of hydrogen-bond donors (Lipinski definition) is 2. The normalized spacial score (nSPS) is 15.7. The van der Waals surface area contributed by atoms with Crippen LogP contribution in [0.25, 0.3) is 0 Å². The molecule has 4 rings (SSSR count). The summed E-state index contributed by atoms with van der Waals surface area (Å²) in [5.41, 5.74) is 1.62. The van der Waals surface area contributed by atoms with Gasteiger partial charge in [-0.2, -0.15) is 11.8 Å². The van der Waals surface area contributed by atoms with E-state index < -0.39 is 51.6 Å². The first-order valence-corrected chi connectivity index (χ1v) is 22.4. The summed E-state index contributed by atoms with van der Waals surface area (Å²) in [6.45, 7) is 4.42. The third kappa shape index (κ3) is 11.2. The number of carbonyl (C=O) groups excluding carboxylic acids is 3. The van der Waals surface area contributed by atoms with Crippen LogP contribution in [-0.4, -0.2) is 77.0 Å². The van der Waals surface area contributed by atoms with E-state index in [1.54, 1.807) is 30.3 Å². The Hall–Kier alpha value is -3.68. The van der Waals surface area contributed by atoms with Gasteiger partial charge >= 0.3 is 5.97 Å². The Balaban J connectivity index is 1.64. The first-order valence-electron chi connectivity index (χ1n) is 18.1. The Morgan fingerprint density at radius 3 is 2.17 bits per heavy atom. The van der Waals surface area contributed by atoms with Crippen LogP contribution in [0.4, 0.5) is 11.4 Å². The third-order valence-corrected chi connectivity index (χ3v) is 13.0. The molecule has 13 heteroatoms. The molecule has 1 aliphatic rings.